The Morgan fingerprint density at radius 3 is 2.82 bits per heavy atom. The lowest BCUT2D eigenvalue weighted by atomic mass is 10.1. The molecule has 1 rings (SSSR count). The van der Waals surface area contributed by atoms with Crippen molar-refractivity contribution in [1.82, 2.24) is 5.43 Å². The molecular weight excluding hydrogens is 238 g/mol. The Morgan fingerprint density at radius 2 is 2.29 bits per heavy atom. The number of nitrogens with one attached hydrogen (secondary N) is 1. The summed E-state index contributed by atoms with van der Waals surface area (Å²) in [6.07, 6.45) is 0.698. The van der Waals surface area contributed by atoms with Crippen molar-refractivity contribution < 1.29 is 9.84 Å². The fourth-order valence-electron chi connectivity index (χ4n) is 1.33. The summed E-state index contributed by atoms with van der Waals surface area (Å²) in [6, 6.07) is 5.01. The smallest absolute Gasteiger partial charge is 0.184 e. The van der Waals surface area contributed by atoms with E-state index in [2.05, 4.69) is 22.7 Å². The Hall–Kier alpha value is -1.82. The van der Waals surface area contributed by atoms with Crippen molar-refractivity contribution in [1.29, 1.82) is 0 Å². The van der Waals surface area contributed by atoms with E-state index in [9.17, 15) is 5.11 Å². The van der Waals surface area contributed by atoms with Crippen LogP contribution in [0.5, 0.6) is 11.5 Å². The van der Waals surface area contributed by atoms with Crippen LogP contribution in [0.1, 0.15) is 18.9 Å². The van der Waals surface area contributed by atoms with Crippen LogP contribution in [-0.4, -0.2) is 23.0 Å². The monoisotopic (exact) mass is 253 g/mol. The summed E-state index contributed by atoms with van der Waals surface area (Å²) in [4.78, 5) is 0. The van der Waals surface area contributed by atoms with E-state index in [4.69, 9.17) is 10.5 Å². The molecule has 0 unspecified atom stereocenters. The molecule has 0 aromatic heterocycles. The number of thiocarbonyl (C=S) groups is 1. The molecular formula is C11H15N3O2S. The van der Waals surface area contributed by atoms with Crippen LogP contribution < -0.4 is 15.9 Å². The molecule has 4 N–H and O–H groups in total. The SMILES string of the molecule is CC/C(=N\NC(N)=S)c1ccc(O)c(OC)c1. The normalized spacial score (nSPS) is 11.1. The van der Waals surface area contributed by atoms with Gasteiger partial charge in [0.15, 0.2) is 16.6 Å². The zero-order chi connectivity index (χ0) is 12.8. The number of phenols is 1. The minimum atomic E-state index is 0.0917. The van der Waals surface area contributed by atoms with Gasteiger partial charge in [-0.1, -0.05) is 6.92 Å². The highest BCUT2D eigenvalue weighted by atomic mass is 32.1. The largest absolute Gasteiger partial charge is 0.504 e. The Bertz CT molecular complexity index is 446. The predicted molar refractivity (Wildman–Crippen MR) is 71.4 cm³/mol. The molecule has 0 heterocycles. The van der Waals surface area contributed by atoms with Crippen LogP contribution >= 0.6 is 12.2 Å². The number of hydrogen-bond donors (Lipinski definition) is 3. The third-order valence-corrected chi connectivity index (χ3v) is 2.24. The van der Waals surface area contributed by atoms with E-state index in [1.807, 2.05) is 6.92 Å². The van der Waals surface area contributed by atoms with Crippen LogP contribution in [0.4, 0.5) is 0 Å². The van der Waals surface area contributed by atoms with Crippen molar-refractivity contribution in [3.63, 3.8) is 0 Å². The molecule has 5 nitrogen and oxygen atoms in total. The molecule has 0 fully saturated rings. The van der Waals surface area contributed by atoms with E-state index in [-0.39, 0.29) is 10.9 Å². The third kappa shape index (κ3) is 3.60. The lowest BCUT2D eigenvalue weighted by molar-refractivity contribution is 0.373. The number of methoxy groups -OCH3 is 1. The Balaban J connectivity index is 3.03. The van der Waals surface area contributed by atoms with Crippen LogP contribution in [0.2, 0.25) is 0 Å². The summed E-state index contributed by atoms with van der Waals surface area (Å²) in [5.74, 6) is 0.494. The lowest BCUT2D eigenvalue weighted by Crippen LogP contribution is -2.25. The predicted octanol–water partition coefficient (Wildman–Crippen LogP) is 1.35. The first-order chi connectivity index (χ1) is 8.08. The molecule has 0 atom stereocenters. The average Bonchev–Trinajstić information content (AvgIpc) is 2.31. The first kappa shape index (κ1) is 13.2. The van der Waals surface area contributed by atoms with Gasteiger partial charge in [0, 0.05) is 5.56 Å². The summed E-state index contributed by atoms with van der Waals surface area (Å²) in [7, 11) is 1.49. The van der Waals surface area contributed by atoms with Gasteiger partial charge in [0.1, 0.15) is 0 Å². The Kier molecular flexibility index (Phi) is 4.71. The van der Waals surface area contributed by atoms with Gasteiger partial charge in [-0.3, -0.25) is 5.43 Å². The van der Waals surface area contributed by atoms with Crippen molar-refractivity contribution in [2.75, 3.05) is 7.11 Å². The molecule has 1 aromatic rings. The van der Waals surface area contributed by atoms with Crippen molar-refractivity contribution in [2.24, 2.45) is 10.8 Å². The molecule has 0 amide bonds. The number of nitrogens with two attached hydrogens (primary N) is 1. The fourth-order valence-corrected chi connectivity index (χ4v) is 1.37. The molecule has 6 heteroatoms. The van der Waals surface area contributed by atoms with E-state index in [1.165, 1.54) is 7.11 Å². The van der Waals surface area contributed by atoms with E-state index in [1.54, 1.807) is 18.2 Å². The number of benzene rings is 1. The minimum Gasteiger partial charge on any atom is -0.504 e. The minimum absolute atomic E-state index is 0.0917. The van der Waals surface area contributed by atoms with Gasteiger partial charge >= 0.3 is 0 Å². The maximum absolute atomic E-state index is 9.49. The molecule has 92 valence electrons. The number of ether oxygens (including phenoxy) is 1. The van der Waals surface area contributed by atoms with Gasteiger partial charge in [-0.25, -0.2) is 0 Å². The second kappa shape index (κ2) is 6.05. The standard InChI is InChI=1S/C11H15N3O2S/c1-3-8(13-14-11(12)17)7-4-5-9(15)10(6-7)16-2/h4-6,15H,3H2,1-2H3,(H3,12,14,17)/b13-8+. The number of hydrazone groups is 1. The molecule has 0 aliphatic carbocycles. The van der Waals surface area contributed by atoms with Gasteiger partial charge in [0.05, 0.1) is 12.8 Å². The number of aromatic hydroxyl groups is 1. The van der Waals surface area contributed by atoms with Gasteiger partial charge in [-0.05, 0) is 36.8 Å². The first-order valence-electron chi connectivity index (χ1n) is 5.07. The van der Waals surface area contributed by atoms with E-state index < -0.39 is 0 Å². The second-order valence-electron chi connectivity index (χ2n) is 3.27. The maximum Gasteiger partial charge on any atom is 0.184 e. The summed E-state index contributed by atoms with van der Waals surface area (Å²) in [5.41, 5.74) is 9.46. The highest BCUT2D eigenvalue weighted by Gasteiger charge is 2.07. The van der Waals surface area contributed by atoms with Gasteiger partial charge in [0.2, 0.25) is 0 Å². The van der Waals surface area contributed by atoms with Gasteiger partial charge in [0.25, 0.3) is 0 Å². The van der Waals surface area contributed by atoms with Gasteiger partial charge in [-0.15, -0.1) is 0 Å². The molecule has 0 bridgehead atoms. The first-order valence-corrected chi connectivity index (χ1v) is 5.48. The number of hydrogen-bond acceptors (Lipinski definition) is 4. The van der Waals surface area contributed by atoms with Crippen molar-refractivity contribution in [2.45, 2.75) is 13.3 Å². The van der Waals surface area contributed by atoms with E-state index in [0.717, 1.165) is 11.3 Å². The zero-order valence-corrected chi connectivity index (χ0v) is 10.5. The highest BCUT2D eigenvalue weighted by molar-refractivity contribution is 7.80. The topological polar surface area (TPSA) is 79.9 Å². The number of nitrogens with zero attached hydrogens (tertiary/aromatic N) is 1. The maximum atomic E-state index is 9.49. The number of rotatable bonds is 4. The van der Waals surface area contributed by atoms with Crippen LogP contribution in [-0.2, 0) is 0 Å². The molecule has 17 heavy (non-hydrogen) atoms. The summed E-state index contributed by atoms with van der Waals surface area (Å²) in [6.45, 7) is 1.96. The summed E-state index contributed by atoms with van der Waals surface area (Å²) in [5, 5.41) is 13.7. The molecule has 0 aliphatic heterocycles. The Labute approximate surface area is 105 Å². The number of phenolic OH excluding ortho intramolecular Hbond substituents is 1. The summed E-state index contributed by atoms with van der Waals surface area (Å²) < 4.78 is 5.03. The molecule has 0 radical (unpaired) electrons. The van der Waals surface area contributed by atoms with Crippen molar-refractivity contribution >= 4 is 23.0 Å². The van der Waals surface area contributed by atoms with Crippen LogP contribution in [0.3, 0.4) is 0 Å². The molecule has 0 aliphatic rings. The molecule has 0 spiro atoms. The van der Waals surface area contributed by atoms with Crippen molar-refractivity contribution in [3.05, 3.63) is 23.8 Å². The van der Waals surface area contributed by atoms with E-state index in [0.29, 0.717) is 12.2 Å². The molecule has 0 saturated heterocycles. The van der Waals surface area contributed by atoms with Gasteiger partial charge in [-0.2, -0.15) is 5.10 Å². The summed E-state index contributed by atoms with van der Waals surface area (Å²) >= 11 is 4.68. The molecule has 1 aromatic carbocycles. The fraction of sp³-hybridized carbons (Fsp3) is 0.273. The van der Waals surface area contributed by atoms with Crippen molar-refractivity contribution in [3.8, 4) is 11.5 Å². The zero-order valence-electron chi connectivity index (χ0n) is 9.73. The lowest BCUT2D eigenvalue weighted by Gasteiger charge is -2.08. The average molecular weight is 253 g/mol. The van der Waals surface area contributed by atoms with Gasteiger partial charge < -0.3 is 15.6 Å². The van der Waals surface area contributed by atoms with Crippen LogP contribution in [0.25, 0.3) is 0 Å². The third-order valence-electron chi connectivity index (χ3n) is 2.15. The molecule has 0 saturated carbocycles. The second-order valence-corrected chi connectivity index (χ2v) is 3.71. The van der Waals surface area contributed by atoms with E-state index >= 15 is 0 Å². The Morgan fingerprint density at radius 1 is 1.59 bits per heavy atom. The van der Waals surface area contributed by atoms with Crippen LogP contribution in [0.15, 0.2) is 23.3 Å². The highest BCUT2D eigenvalue weighted by Crippen LogP contribution is 2.26. The van der Waals surface area contributed by atoms with Crippen LogP contribution in [0, 0.1) is 0 Å². The quantitative estimate of drug-likeness (QED) is 0.429.